The molecule has 0 unspecified atom stereocenters. The minimum absolute atomic E-state index is 0.00737. The molecule has 0 spiro atoms. The molecule has 130 valence electrons. The lowest BCUT2D eigenvalue weighted by Crippen LogP contribution is -2.09. The second kappa shape index (κ2) is 8.45. The van der Waals surface area contributed by atoms with Gasteiger partial charge in [0.2, 0.25) is 0 Å². The van der Waals surface area contributed by atoms with Gasteiger partial charge in [-0.15, -0.1) is 0 Å². The van der Waals surface area contributed by atoms with Crippen LogP contribution in [0.5, 0.6) is 11.5 Å². The van der Waals surface area contributed by atoms with E-state index in [4.69, 9.17) is 32.7 Å². The Bertz CT molecular complexity index is 708. The van der Waals surface area contributed by atoms with Crippen molar-refractivity contribution in [2.45, 2.75) is 33.4 Å². The molecule has 0 saturated carbocycles. The Labute approximate surface area is 151 Å². The average Bonchev–Trinajstić information content (AvgIpc) is 2.52. The van der Waals surface area contributed by atoms with Crippen molar-refractivity contribution in [1.29, 1.82) is 0 Å². The molecule has 0 aliphatic heterocycles. The van der Waals surface area contributed by atoms with Crippen LogP contribution in [0.1, 0.15) is 26.3 Å². The van der Waals surface area contributed by atoms with E-state index in [9.17, 15) is 4.39 Å². The van der Waals surface area contributed by atoms with E-state index in [1.165, 1.54) is 12.1 Å². The van der Waals surface area contributed by atoms with Crippen LogP contribution in [0, 0.1) is 5.82 Å². The third-order valence-corrected chi connectivity index (χ3v) is 3.71. The molecule has 2 aromatic rings. The molecule has 2 aromatic carbocycles. The van der Waals surface area contributed by atoms with Crippen molar-refractivity contribution in [1.82, 2.24) is 0 Å². The lowest BCUT2D eigenvalue weighted by molar-refractivity contribution is 0.224. The summed E-state index contributed by atoms with van der Waals surface area (Å²) in [6.45, 7) is 6.76. The lowest BCUT2D eigenvalue weighted by atomic mass is 10.2. The molecule has 0 heterocycles. The number of ether oxygens (including phenoxy) is 2. The quantitative estimate of drug-likeness (QED) is 0.653. The summed E-state index contributed by atoms with van der Waals surface area (Å²) in [6.07, 6.45) is -0.00737. The highest BCUT2D eigenvalue weighted by Gasteiger charge is 2.14. The van der Waals surface area contributed by atoms with Gasteiger partial charge in [0.25, 0.3) is 0 Å². The molecule has 0 aliphatic rings. The van der Waals surface area contributed by atoms with Crippen molar-refractivity contribution >= 4 is 28.9 Å². The summed E-state index contributed by atoms with van der Waals surface area (Å²) in [5, 5.41) is 3.75. The summed E-state index contributed by atoms with van der Waals surface area (Å²) in [5.74, 6) is 0.703. The summed E-state index contributed by atoms with van der Waals surface area (Å²) in [4.78, 5) is 0. The molecule has 0 atom stereocenters. The third-order valence-electron chi connectivity index (χ3n) is 3.14. The van der Waals surface area contributed by atoms with Crippen molar-refractivity contribution < 1.29 is 13.9 Å². The normalized spacial score (nSPS) is 10.8. The third kappa shape index (κ3) is 4.92. The summed E-state index contributed by atoms with van der Waals surface area (Å²) in [5.41, 5.74) is 1.64. The zero-order chi connectivity index (χ0) is 17.7. The molecule has 24 heavy (non-hydrogen) atoms. The second-order valence-electron chi connectivity index (χ2n) is 5.49. The molecule has 0 saturated heterocycles. The van der Waals surface area contributed by atoms with Gasteiger partial charge in [0.15, 0.2) is 11.5 Å². The van der Waals surface area contributed by atoms with Gasteiger partial charge < -0.3 is 14.8 Å². The zero-order valence-corrected chi connectivity index (χ0v) is 15.3. The minimum Gasteiger partial charge on any atom is -0.490 e. The SMILES string of the molecule is CCOc1cc(CNc2ccc(F)c(Cl)c2)cc(Cl)c1OC(C)C. The van der Waals surface area contributed by atoms with Gasteiger partial charge in [0.05, 0.1) is 22.8 Å². The molecule has 0 fully saturated rings. The highest BCUT2D eigenvalue weighted by atomic mass is 35.5. The number of benzene rings is 2. The molecular formula is C18H20Cl2FNO2. The van der Waals surface area contributed by atoms with Crippen LogP contribution >= 0.6 is 23.2 Å². The fraction of sp³-hybridized carbons (Fsp3) is 0.333. The highest BCUT2D eigenvalue weighted by molar-refractivity contribution is 6.32. The predicted molar refractivity (Wildman–Crippen MR) is 97.1 cm³/mol. The van der Waals surface area contributed by atoms with Crippen LogP contribution in [-0.2, 0) is 6.54 Å². The number of hydrogen-bond acceptors (Lipinski definition) is 3. The van der Waals surface area contributed by atoms with Crippen LogP contribution < -0.4 is 14.8 Å². The van der Waals surface area contributed by atoms with E-state index in [-0.39, 0.29) is 11.1 Å². The fourth-order valence-electron chi connectivity index (χ4n) is 2.15. The minimum atomic E-state index is -0.445. The van der Waals surface area contributed by atoms with Crippen molar-refractivity contribution in [3.63, 3.8) is 0 Å². The summed E-state index contributed by atoms with van der Waals surface area (Å²) in [7, 11) is 0. The first-order chi connectivity index (χ1) is 11.4. The van der Waals surface area contributed by atoms with Gasteiger partial charge in [0.1, 0.15) is 5.82 Å². The molecule has 2 rings (SSSR count). The van der Waals surface area contributed by atoms with Gasteiger partial charge >= 0.3 is 0 Å². The van der Waals surface area contributed by atoms with E-state index in [1.54, 1.807) is 6.07 Å². The predicted octanol–water partition coefficient (Wildman–Crippen LogP) is 5.93. The zero-order valence-electron chi connectivity index (χ0n) is 13.8. The number of rotatable bonds is 7. The average molecular weight is 372 g/mol. The molecule has 0 bridgehead atoms. The Morgan fingerprint density at radius 1 is 1.12 bits per heavy atom. The number of anilines is 1. The Hall–Kier alpha value is -1.65. The van der Waals surface area contributed by atoms with Gasteiger partial charge in [-0.05, 0) is 56.7 Å². The maximum atomic E-state index is 13.2. The number of halogens is 3. The summed E-state index contributed by atoms with van der Waals surface area (Å²) in [6, 6.07) is 8.19. The molecule has 0 amide bonds. The first-order valence-electron chi connectivity index (χ1n) is 7.71. The van der Waals surface area contributed by atoms with E-state index in [2.05, 4.69) is 5.32 Å². The van der Waals surface area contributed by atoms with Crippen LogP contribution in [0.3, 0.4) is 0 Å². The van der Waals surface area contributed by atoms with Crippen LogP contribution in [0.15, 0.2) is 30.3 Å². The molecule has 1 N–H and O–H groups in total. The van der Waals surface area contributed by atoms with E-state index in [0.717, 1.165) is 11.3 Å². The number of hydrogen-bond donors (Lipinski definition) is 1. The standard InChI is InChI=1S/C18H20Cl2FNO2/c1-4-23-17-8-12(7-15(20)18(17)24-11(2)3)10-22-13-5-6-16(21)14(19)9-13/h5-9,11,22H,4,10H2,1-3H3. The molecule has 0 aliphatic carbocycles. The Kier molecular flexibility index (Phi) is 6.58. The van der Waals surface area contributed by atoms with Crippen molar-refractivity contribution in [2.75, 3.05) is 11.9 Å². The lowest BCUT2D eigenvalue weighted by Gasteiger charge is -2.17. The Morgan fingerprint density at radius 3 is 2.50 bits per heavy atom. The molecule has 0 aromatic heterocycles. The molecule has 0 radical (unpaired) electrons. The van der Waals surface area contributed by atoms with E-state index >= 15 is 0 Å². The van der Waals surface area contributed by atoms with Crippen LogP contribution in [0.4, 0.5) is 10.1 Å². The largest absolute Gasteiger partial charge is 0.490 e. The topological polar surface area (TPSA) is 30.5 Å². The molecular weight excluding hydrogens is 352 g/mol. The van der Waals surface area contributed by atoms with Crippen LogP contribution in [-0.4, -0.2) is 12.7 Å². The van der Waals surface area contributed by atoms with Crippen molar-refractivity contribution in [3.8, 4) is 11.5 Å². The van der Waals surface area contributed by atoms with E-state index < -0.39 is 5.82 Å². The molecule has 3 nitrogen and oxygen atoms in total. The highest BCUT2D eigenvalue weighted by Crippen LogP contribution is 2.37. The first-order valence-corrected chi connectivity index (χ1v) is 8.47. The first kappa shape index (κ1) is 18.7. The summed E-state index contributed by atoms with van der Waals surface area (Å²) >= 11 is 12.1. The summed E-state index contributed by atoms with van der Waals surface area (Å²) < 4.78 is 24.6. The van der Waals surface area contributed by atoms with E-state index in [0.29, 0.717) is 29.7 Å². The number of nitrogens with one attached hydrogen (secondary N) is 1. The van der Waals surface area contributed by atoms with Gasteiger partial charge in [0, 0.05) is 12.2 Å². The second-order valence-corrected chi connectivity index (χ2v) is 6.30. The van der Waals surface area contributed by atoms with E-state index in [1.807, 2.05) is 32.9 Å². The maximum absolute atomic E-state index is 13.2. The Balaban J connectivity index is 2.19. The smallest absolute Gasteiger partial charge is 0.180 e. The maximum Gasteiger partial charge on any atom is 0.180 e. The molecule has 6 heteroatoms. The van der Waals surface area contributed by atoms with Crippen LogP contribution in [0.2, 0.25) is 10.0 Å². The van der Waals surface area contributed by atoms with Crippen molar-refractivity contribution in [2.24, 2.45) is 0 Å². The van der Waals surface area contributed by atoms with Gasteiger partial charge in [-0.1, -0.05) is 23.2 Å². The van der Waals surface area contributed by atoms with Crippen molar-refractivity contribution in [3.05, 3.63) is 51.8 Å². The van der Waals surface area contributed by atoms with Gasteiger partial charge in [-0.2, -0.15) is 0 Å². The fourth-order valence-corrected chi connectivity index (χ4v) is 2.61. The Morgan fingerprint density at radius 2 is 1.88 bits per heavy atom. The van der Waals surface area contributed by atoms with Gasteiger partial charge in [-0.3, -0.25) is 0 Å². The monoisotopic (exact) mass is 371 g/mol. The van der Waals surface area contributed by atoms with Gasteiger partial charge in [-0.25, -0.2) is 4.39 Å². The van der Waals surface area contributed by atoms with Crippen LogP contribution in [0.25, 0.3) is 0 Å².